The van der Waals surface area contributed by atoms with Gasteiger partial charge in [-0.3, -0.25) is 5.10 Å². The second-order valence-corrected chi connectivity index (χ2v) is 2.91. The molecular weight excluding hydrogens is 164 g/mol. The third-order valence-corrected chi connectivity index (χ3v) is 1.92. The van der Waals surface area contributed by atoms with Gasteiger partial charge in [0, 0.05) is 11.3 Å². The molecule has 0 aliphatic heterocycles. The van der Waals surface area contributed by atoms with Gasteiger partial charge in [0.2, 0.25) is 0 Å². The Morgan fingerprint density at radius 2 is 2.23 bits per heavy atom. The van der Waals surface area contributed by atoms with Crippen molar-refractivity contribution in [3.63, 3.8) is 0 Å². The summed E-state index contributed by atoms with van der Waals surface area (Å²) >= 11 is 0. The number of aromatic nitrogens is 3. The third kappa shape index (κ3) is 1.38. The van der Waals surface area contributed by atoms with Gasteiger partial charge in [-0.05, 0) is 30.7 Å². The zero-order valence-corrected chi connectivity index (χ0v) is 7.28. The molecule has 0 aliphatic carbocycles. The summed E-state index contributed by atoms with van der Waals surface area (Å²) in [6.07, 6.45) is 1.49. The Balaban J connectivity index is 2.53. The fourth-order valence-electron chi connectivity index (χ4n) is 1.29. The highest BCUT2D eigenvalue weighted by Crippen LogP contribution is 2.20. The van der Waals surface area contributed by atoms with Gasteiger partial charge in [0.1, 0.15) is 6.33 Å². The maximum absolute atomic E-state index is 5.63. The van der Waals surface area contributed by atoms with E-state index in [1.807, 2.05) is 25.1 Å². The van der Waals surface area contributed by atoms with Crippen LogP contribution >= 0.6 is 0 Å². The van der Waals surface area contributed by atoms with Crippen molar-refractivity contribution >= 4 is 5.69 Å². The normalized spacial score (nSPS) is 10.2. The van der Waals surface area contributed by atoms with Gasteiger partial charge >= 0.3 is 0 Å². The van der Waals surface area contributed by atoms with Crippen molar-refractivity contribution in [1.29, 1.82) is 0 Å². The SMILES string of the molecule is Cc1cc(N)ccc1-c1ncn[nH]1. The predicted molar refractivity (Wildman–Crippen MR) is 51.0 cm³/mol. The van der Waals surface area contributed by atoms with Crippen molar-refractivity contribution in [3.05, 3.63) is 30.1 Å². The average molecular weight is 174 g/mol. The number of H-pyrrole nitrogens is 1. The molecule has 4 heteroatoms. The Bertz CT molecular complexity index is 406. The molecule has 0 spiro atoms. The molecule has 2 aromatic rings. The van der Waals surface area contributed by atoms with Gasteiger partial charge in [-0.25, -0.2) is 4.98 Å². The summed E-state index contributed by atoms with van der Waals surface area (Å²) in [5.41, 5.74) is 8.53. The first kappa shape index (κ1) is 7.79. The number of anilines is 1. The number of aryl methyl sites for hydroxylation is 1. The minimum absolute atomic E-state index is 0.765. The molecule has 66 valence electrons. The van der Waals surface area contributed by atoms with Crippen molar-refractivity contribution in [2.24, 2.45) is 0 Å². The Morgan fingerprint density at radius 1 is 1.38 bits per heavy atom. The van der Waals surface area contributed by atoms with E-state index < -0.39 is 0 Å². The molecule has 0 fully saturated rings. The molecule has 2 rings (SSSR count). The molecule has 3 N–H and O–H groups in total. The van der Waals surface area contributed by atoms with Crippen molar-refractivity contribution in [2.45, 2.75) is 6.92 Å². The molecule has 1 aromatic heterocycles. The smallest absolute Gasteiger partial charge is 0.155 e. The maximum Gasteiger partial charge on any atom is 0.155 e. The van der Waals surface area contributed by atoms with Crippen molar-refractivity contribution < 1.29 is 0 Å². The molecule has 0 aliphatic rings. The van der Waals surface area contributed by atoms with E-state index in [2.05, 4.69) is 15.2 Å². The molecule has 0 unspecified atom stereocenters. The Morgan fingerprint density at radius 3 is 2.85 bits per heavy atom. The van der Waals surface area contributed by atoms with Gasteiger partial charge in [-0.2, -0.15) is 5.10 Å². The number of hydrogen-bond acceptors (Lipinski definition) is 3. The summed E-state index contributed by atoms with van der Waals surface area (Å²) in [6.45, 7) is 1.99. The second-order valence-electron chi connectivity index (χ2n) is 2.91. The first-order valence-electron chi connectivity index (χ1n) is 3.99. The number of benzene rings is 1. The van der Waals surface area contributed by atoms with Gasteiger partial charge in [0.05, 0.1) is 0 Å². The van der Waals surface area contributed by atoms with Crippen LogP contribution in [0.15, 0.2) is 24.5 Å². The molecule has 0 amide bonds. The van der Waals surface area contributed by atoms with Crippen LogP contribution in [0.25, 0.3) is 11.4 Å². The summed E-state index contributed by atoms with van der Waals surface area (Å²) in [6, 6.07) is 5.70. The lowest BCUT2D eigenvalue weighted by Crippen LogP contribution is -1.89. The van der Waals surface area contributed by atoms with Crippen LogP contribution in [0.1, 0.15) is 5.56 Å². The van der Waals surface area contributed by atoms with Gasteiger partial charge < -0.3 is 5.73 Å². The van der Waals surface area contributed by atoms with Crippen LogP contribution in [0.3, 0.4) is 0 Å². The Labute approximate surface area is 75.8 Å². The van der Waals surface area contributed by atoms with Crippen LogP contribution in [0.5, 0.6) is 0 Å². The zero-order chi connectivity index (χ0) is 9.26. The number of nitrogens with zero attached hydrogens (tertiary/aromatic N) is 2. The van der Waals surface area contributed by atoms with Crippen molar-refractivity contribution in [1.82, 2.24) is 15.2 Å². The highest BCUT2D eigenvalue weighted by molar-refractivity contribution is 5.63. The van der Waals surface area contributed by atoms with Gasteiger partial charge in [0.15, 0.2) is 5.82 Å². The summed E-state index contributed by atoms with van der Waals surface area (Å²) in [5, 5.41) is 6.61. The zero-order valence-electron chi connectivity index (χ0n) is 7.28. The molecule has 0 atom stereocenters. The minimum atomic E-state index is 0.765. The second kappa shape index (κ2) is 2.90. The average Bonchev–Trinajstić information content (AvgIpc) is 2.56. The molecule has 1 heterocycles. The fraction of sp³-hybridized carbons (Fsp3) is 0.111. The van der Waals surface area contributed by atoms with E-state index in [4.69, 9.17) is 5.73 Å². The first-order valence-corrected chi connectivity index (χ1v) is 3.99. The van der Waals surface area contributed by atoms with E-state index in [0.29, 0.717) is 0 Å². The van der Waals surface area contributed by atoms with Gasteiger partial charge in [0.25, 0.3) is 0 Å². The molecular formula is C9H10N4. The van der Waals surface area contributed by atoms with Crippen LogP contribution in [0, 0.1) is 6.92 Å². The minimum Gasteiger partial charge on any atom is -0.399 e. The van der Waals surface area contributed by atoms with E-state index in [9.17, 15) is 0 Å². The molecule has 1 aromatic carbocycles. The summed E-state index contributed by atoms with van der Waals surface area (Å²) in [5.74, 6) is 0.775. The lowest BCUT2D eigenvalue weighted by atomic mass is 10.1. The van der Waals surface area contributed by atoms with E-state index in [1.54, 1.807) is 0 Å². The largest absolute Gasteiger partial charge is 0.399 e. The number of nitrogens with two attached hydrogens (primary N) is 1. The van der Waals surface area contributed by atoms with E-state index in [0.717, 1.165) is 22.6 Å². The first-order chi connectivity index (χ1) is 6.27. The van der Waals surface area contributed by atoms with Gasteiger partial charge in [-0.15, -0.1) is 0 Å². The van der Waals surface area contributed by atoms with Crippen molar-refractivity contribution in [3.8, 4) is 11.4 Å². The summed E-state index contributed by atoms with van der Waals surface area (Å²) in [4.78, 5) is 4.07. The number of rotatable bonds is 1. The van der Waals surface area contributed by atoms with E-state index in [1.165, 1.54) is 6.33 Å². The summed E-state index contributed by atoms with van der Waals surface area (Å²) < 4.78 is 0. The number of aromatic amines is 1. The van der Waals surface area contributed by atoms with Crippen molar-refractivity contribution in [2.75, 3.05) is 5.73 Å². The molecule has 0 saturated carbocycles. The predicted octanol–water partition coefficient (Wildman–Crippen LogP) is 1.36. The lowest BCUT2D eigenvalue weighted by molar-refractivity contribution is 1.09. The van der Waals surface area contributed by atoms with Crippen LogP contribution in [-0.4, -0.2) is 15.2 Å². The van der Waals surface area contributed by atoms with Gasteiger partial charge in [-0.1, -0.05) is 0 Å². The molecule has 0 radical (unpaired) electrons. The Hall–Kier alpha value is -1.84. The quantitative estimate of drug-likeness (QED) is 0.641. The lowest BCUT2D eigenvalue weighted by Gasteiger charge is -2.02. The fourth-order valence-corrected chi connectivity index (χ4v) is 1.29. The Kier molecular flexibility index (Phi) is 1.73. The molecule has 0 saturated heterocycles. The molecule has 13 heavy (non-hydrogen) atoms. The highest BCUT2D eigenvalue weighted by atomic mass is 15.2. The maximum atomic E-state index is 5.63. The standard InChI is InChI=1S/C9H10N4/c1-6-4-7(10)2-3-8(6)9-11-5-12-13-9/h2-5H,10H2,1H3,(H,11,12,13). The highest BCUT2D eigenvalue weighted by Gasteiger charge is 2.03. The molecule has 0 bridgehead atoms. The topological polar surface area (TPSA) is 67.6 Å². The summed E-state index contributed by atoms with van der Waals surface area (Å²) in [7, 11) is 0. The molecule has 4 nitrogen and oxygen atoms in total. The monoisotopic (exact) mass is 174 g/mol. The van der Waals surface area contributed by atoms with Crippen LogP contribution < -0.4 is 5.73 Å². The third-order valence-electron chi connectivity index (χ3n) is 1.92. The van der Waals surface area contributed by atoms with Crippen LogP contribution in [0.4, 0.5) is 5.69 Å². The number of nitrogen functional groups attached to an aromatic ring is 1. The van der Waals surface area contributed by atoms with E-state index in [-0.39, 0.29) is 0 Å². The van der Waals surface area contributed by atoms with Crippen LogP contribution in [0.2, 0.25) is 0 Å². The van der Waals surface area contributed by atoms with E-state index >= 15 is 0 Å². The van der Waals surface area contributed by atoms with Crippen LogP contribution in [-0.2, 0) is 0 Å². The number of nitrogens with one attached hydrogen (secondary N) is 1. The number of hydrogen-bond donors (Lipinski definition) is 2.